The summed E-state index contributed by atoms with van der Waals surface area (Å²) in [6.45, 7) is 0. The molecule has 2 nitrogen and oxygen atoms in total. The Balaban J connectivity index is 0.000000152. The van der Waals surface area contributed by atoms with Crippen LogP contribution < -0.4 is 0 Å². The minimum Gasteiger partial charge on any atom is -0.338 e. The van der Waals surface area contributed by atoms with Gasteiger partial charge in [-0.2, -0.15) is 0 Å². The summed E-state index contributed by atoms with van der Waals surface area (Å²) in [6, 6.07) is 40.6. The molecular weight excluding hydrogens is 375 g/mol. The summed E-state index contributed by atoms with van der Waals surface area (Å²) >= 11 is 0. The smallest absolute Gasteiger partial charge is 0.137 e. The maximum absolute atomic E-state index is 6.12. The number of aromatic nitrogens is 2. The minimum absolute atomic E-state index is 0.0163. The van der Waals surface area contributed by atoms with Crippen LogP contribution in [-0.2, 0) is 0 Å². The summed E-state index contributed by atoms with van der Waals surface area (Å²) in [5, 5.41) is 0. The monoisotopic (exact) mass is 398 g/mol. The maximum Gasteiger partial charge on any atom is 0.137 e. The van der Waals surface area contributed by atoms with Crippen molar-refractivity contribution in [1.29, 1.82) is 0 Å². The van der Waals surface area contributed by atoms with Crippen LogP contribution in [0.15, 0.2) is 128 Å². The van der Waals surface area contributed by atoms with Crippen molar-refractivity contribution in [2.45, 2.75) is 5.82 Å². The molecule has 5 aromatic rings. The zero-order valence-electron chi connectivity index (χ0n) is 17.2. The van der Waals surface area contributed by atoms with Crippen LogP contribution in [0.2, 0.25) is 0 Å². The molecule has 4 aromatic carbocycles. The Morgan fingerprint density at radius 1 is 0.548 bits per heavy atom. The Bertz CT molecular complexity index is 1080. The molecule has 31 heavy (non-hydrogen) atoms. The zero-order chi connectivity index (χ0) is 21.3. The second-order valence-corrected chi connectivity index (χ2v) is 7.18. The predicted octanol–water partition coefficient (Wildman–Crippen LogP) is 6.69. The summed E-state index contributed by atoms with van der Waals surface area (Å²) < 4.78 is 0. The maximum atomic E-state index is 6.12. The fourth-order valence-electron chi connectivity index (χ4n) is 3.34. The lowest BCUT2D eigenvalue weighted by Crippen LogP contribution is -1.99. The Hall–Kier alpha value is -3.85. The fraction of sp³-hybridized carbons (Fsp3) is 0.0357. The Kier molecular flexibility index (Phi) is 6.76. The second kappa shape index (κ2) is 10.3. The van der Waals surface area contributed by atoms with Gasteiger partial charge in [-0.05, 0) is 22.5 Å². The van der Waals surface area contributed by atoms with Crippen LogP contribution in [0, 0.1) is 0 Å². The molecule has 1 aromatic heterocycles. The van der Waals surface area contributed by atoms with Crippen molar-refractivity contribution in [1.82, 2.24) is 9.97 Å². The molecule has 1 heterocycles. The first kappa shape index (κ1) is 20.4. The first-order valence-electron chi connectivity index (χ1n) is 10.3. The molecule has 1 N–H and O–H groups in total. The summed E-state index contributed by atoms with van der Waals surface area (Å²) in [4.78, 5) is 7.74. The van der Waals surface area contributed by atoms with E-state index in [1.165, 1.54) is 0 Å². The zero-order valence-corrected chi connectivity index (χ0v) is 17.2. The highest BCUT2D eigenvalue weighted by Crippen LogP contribution is 2.22. The molecule has 0 saturated carbocycles. The number of imidazole rings is 1. The van der Waals surface area contributed by atoms with Crippen LogP contribution >= 0.6 is 0 Å². The van der Waals surface area contributed by atoms with Crippen molar-refractivity contribution in [3.63, 3.8) is 0 Å². The van der Waals surface area contributed by atoms with Gasteiger partial charge in [0.1, 0.15) is 5.82 Å². The molecular formula is C28H23BN2. The van der Waals surface area contributed by atoms with Crippen molar-refractivity contribution < 1.29 is 0 Å². The predicted molar refractivity (Wildman–Crippen MR) is 130 cm³/mol. The summed E-state index contributed by atoms with van der Waals surface area (Å²) in [5.74, 6) is 0.891. The quantitative estimate of drug-likeness (QED) is 0.336. The number of hydrogen-bond donors (Lipinski definition) is 1. The lowest BCUT2D eigenvalue weighted by Gasteiger charge is -2.12. The molecule has 3 heteroatoms. The molecule has 0 aliphatic rings. The van der Waals surface area contributed by atoms with Crippen LogP contribution in [0.25, 0.3) is 22.6 Å². The van der Waals surface area contributed by atoms with Crippen LogP contribution in [0.3, 0.4) is 0 Å². The normalized spacial score (nSPS) is 10.4. The van der Waals surface area contributed by atoms with Crippen LogP contribution in [0.4, 0.5) is 0 Å². The van der Waals surface area contributed by atoms with Gasteiger partial charge in [0.25, 0.3) is 0 Å². The number of H-pyrrole nitrogens is 1. The molecule has 0 aliphatic heterocycles. The Morgan fingerprint density at radius 3 is 1.45 bits per heavy atom. The molecule has 0 atom stereocenters. The average molecular weight is 398 g/mol. The highest BCUT2D eigenvalue weighted by molar-refractivity contribution is 6.14. The lowest BCUT2D eigenvalue weighted by atomic mass is 9.76. The van der Waals surface area contributed by atoms with Crippen LogP contribution in [0.1, 0.15) is 16.9 Å². The molecule has 0 spiro atoms. The lowest BCUT2D eigenvalue weighted by molar-refractivity contribution is 1.14. The van der Waals surface area contributed by atoms with Crippen LogP contribution in [0.5, 0.6) is 0 Å². The van der Waals surface area contributed by atoms with E-state index in [1.807, 2.05) is 91.1 Å². The van der Waals surface area contributed by atoms with Gasteiger partial charge in [0.05, 0.1) is 19.7 Å². The largest absolute Gasteiger partial charge is 0.338 e. The van der Waals surface area contributed by atoms with E-state index in [9.17, 15) is 0 Å². The molecule has 5 rings (SSSR count). The molecule has 0 amide bonds. The van der Waals surface area contributed by atoms with E-state index >= 15 is 0 Å². The fourth-order valence-corrected chi connectivity index (χ4v) is 3.34. The van der Waals surface area contributed by atoms with E-state index in [1.54, 1.807) is 0 Å². The van der Waals surface area contributed by atoms with Gasteiger partial charge in [0.15, 0.2) is 0 Å². The van der Waals surface area contributed by atoms with Gasteiger partial charge in [0, 0.05) is 5.56 Å². The van der Waals surface area contributed by atoms with E-state index in [-0.39, 0.29) is 5.82 Å². The third kappa shape index (κ3) is 5.40. The third-order valence-corrected chi connectivity index (χ3v) is 5.03. The number of hydrogen-bond acceptors (Lipinski definition) is 1. The molecule has 148 valence electrons. The summed E-state index contributed by atoms with van der Waals surface area (Å²) in [7, 11) is 6.12. The second-order valence-electron chi connectivity index (χ2n) is 7.18. The first-order valence-corrected chi connectivity index (χ1v) is 10.3. The standard InChI is InChI=1S/C15H12N2.C13H11B/c1-3-7-12(8-4-1)14-11-16-15(17-14)13-9-5-2-6-10-13;14-13(11-7-3-1-4-8-11)12-9-5-2-6-10-12/h1-11H,(H,16,17);1-10,13H. The third-order valence-electron chi connectivity index (χ3n) is 5.03. The van der Waals surface area contributed by atoms with Crippen molar-refractivity contribution >= 4 is 7.85 Å². The van der Waals surface area contributed by atoms with Gasteiger partial charge in [-0.25, -0.2) is 4.98 Å². The van der Waals surface area contributed by atoms with E-state index in [4.69, 9.17) is 7.85 Å². The van der Waals surface area contributed by atoms with Gasteiger partial charge in [0.2, 0.25) is 0 Å². The number of nitrogens with zero attached hydrogens (tertiary/aromatic N) is 1. The molecule has 0 fully saturated rings. The molecule has 0 aliphatic carbocycles. The van der Waals surface area contributed by atoms with E-state index in [2.05, 4.69) is 46.4 Å². The van der Waals surface area contributed by atoms with Gasteiger partial charge < -0.3 is 4.98 Å². The molecule has 0 saturated heterocycles. The number of rotatable bonds is 4. The SMILES string of the molecule is [B]C(c1ccccc1)c1ccccc1.c1ccc(-c2cnc(-c3ccccc3)[nH]2)cc1. The van der Waals surface area contributed by atoms with E-state index in [0.29, 0.717) is 0 Å². The molecule has 0 unspecified atom stereocenters. The number of aromatic amines is 1. The first-order chi connectivity index (χ1) is 15.3. The van der Waals surface area contributed by atoms with Crippen molar-refractivity contribution in [2.24, 2.45) is 0 Å². The highest BCUT2D eigenvalue weighted by atomic mass is 14.9. The average Bonchev–Trinajstić information content (AvgIpc) is 3.37. The number of nitrogens with one attached hydrogen (secondary N) is 1. The van der Waals surface area contributed by atoms with Gasteiger partial charge >= 0.3 is 0 Å². The Morgan fingerprint density at radius 2 is 0.968 bits per heavy atom. The van der Waals surface area contributed by atoms with Crippen molar-refractivity contribution in [3.05, 3.63) is 139 Å². The summed E-state index contributed by atoms with van der Waals surface area (Å²) in [5.41, 5.74) is 5.61. The molecule has 2 radical (unpaired) electrons. The van der Waals surface area contributed by atoms with Gasteiger partial charge in [-0.3, -0.25) is 0 Å². The summed E-state index contributed by atoms with van der Waals surface area (Å²) in [6.07, 6.45) is 1.87. The number of benzene rings is 4. The minimum atomic E-state index is -0.0163. The molecule has 0 bridgehead atoms. The van der Waals surface area contributed by atoms with Crippen molar-refractivity contribution in [3.8, 4) is 22.6 Å². The van der Waals surface area contributed by atoms with E-state index < -0.39 is 0 Å². The van der Waals surface area contributed by atoms with E-state index in [0.717, 1.165) is 33.8 Å². The van der Waals surface area contributed by atoms with Crippen molar-refractivity contribution in [2.75, 3.05) is 0 Å². The van der Waals surface area contributed by atoms with Crippen LogP contribution in [-0.4, -0.2) is 17.8 Å². The van der Waals surface area contributed by atoms with Gasteiger partial charge in [-0.15, -0.1) is 0 Å². The van der Waals surface area contributed by atoms with Gasteiger partial charge in [-0.1, -0.05) is 121 Å². The highest BCUT2D eigenvalue weighted by Gasteiger charge is 2.06. The Labute approximate surface area is 185 Å². The topological polar surface area (TPSA) is 28.7 Å².